The third kappa shape index (κ3) is 4.72. The summed E-state index contributed by atoms with van der Waals surface area (Å²) in [5, 5.41) is 5.20. The molecule has 1 aliphatic heterocycles. The summed E-state index contributed by atoms with van der Waals surface area (Å²) in [6, 6.07) is 73.2. The number of benzene rings is 8. The van der Waals surface area contributed by atoms with Gasteiger partial charge in [-0.3, -0.25) is 0 Å². The first kappa shape index (κ1) is 32.6. The van der Waals surface area contributed by atoms with Gasteiger partial charge in [-0.1, -0.05) is 18.2 Å². The molecular formula is C52H33GeN3S. The summed E-state index contributed by atoms with van der Waals surface area (Å²) in [5.41, 5.74) is 8.97. The van der Waals surface area contributed by atoms with Crippen LogP contribution in [0.1, 0.15) is 0 Å². The van der Waals surface area contributed by atoms with Gasteiger partial charge in [-0.05, 0) is 6.07 Å². The van der Waals surface area contributed by atoms with Crippen molar-refractivity contribution in [2.75, 3.05) is 0 Å². The number of para-hydroxylation sites is 1. The Morgan fingerprint density at radius 3 is 1.91 bits per heavy atom. The summed E-state index contributed by atoms with van der Waals surface area (Å²) in [4.78, 5) is 11.3. The molecule has 5 heteroatoms. The molecular weight excluding hydrogens is 771 g/mol. The summed E-state index contributed by atoms with van der Waals surface area (Å²) in [6.07, 6.45) is 0. The Bertz CT molecular complexity index is 3310. The van der Waals surface area contributed by atoms with E-state index < -0.39 is 13.3 Å². The maximum atomic E-state index is 5.70. The van der Waals surface area contributed by atoms with Gasteiger partial charge in [0.2, 0.25) is 0 Å². The molecule has 3 nitrogen and oxygen atoms in total. The average molecular weight is 805 g/mol. The van der Waals surface area contributed by atoms with Crippen LogP contribution in [0, 0.1) is 0 Å². The Morgan fingerprint density at radius 1 is 0.474 bits per heavy atom. The molecule has 57 heavy (non-hydrogen) atoms. The van der Waals surface area contributed by atoms with Crippen molar-refractivity contribution in [3.63, 3.8) is 0 Å². The number of nitrogens with zero attached hydrogens (tertiary/aromatic N) is 3. The Balaban J connectivity index is 1.16. The molecule has 0 radical (unpaired) electrons. The monoisotopic (exact) mass is 805 g/mol. The molecule has 11 aromatic rings. The maximum absolute atomic E-state index is 5.70. The zero-order chi connectivity index (χ0) is 37.5. The van der Waals surface area contributed by atoms with Crippen molar-refractivity contribution in [2.45, 2.75) is 0 Å². The molecule has 12 rings (SSSR count). The number of thiophene rings is 1. The van der Waals surface area contributed by atoms with E-state index in [4.69, 9.17) is 9.97 Å². The summed E-state index contributed by atoms with van der Waals surface area (Å²) in [6.45, 7) is 0. The Kier molecular flexibility index (Phi) is 7.28. The van der Waals surface area contributed by atoms with Crippen molar-refractivity contribution in [3.8, 4) is 39.5 Å². The fourth-order valence-electron chi connectivity index (χ4n) is 9.50. The minimum absolute atomic E-state index is 0.758. The molecule has 1 aliphatic rings. The van der Waals surface area contributed by atoms with Crippen LogP contribution in [0.15, 0.2) is 200 Å². The molecule has 0 spiro atoms. The number of rotatable bonds is 5. The predicted octanol–water partition coefficient (Wildman–Crippen LogP) is 10.6. The fourth-order valence-corrected chi connectivity index (χ4v) is 21.3. The molecule has 266 valence electrons. The quantitative estimate of drug-likeness (QED) is 0.162. The standard InChI is InChI=1S/C52H33GeN3S/c1-4-17-34(18-5-1)52-54-49(48-41-26-10-13-28-43(41)53(51(48)55-52,36-20-6-2-7-21-36)37-22-8-3-9-23-37)35-19-16-24-38(33-35)56-44-29-14-11-27-42(44)47-45(56)32-31-40-39-25-12-15-30-46(39)57-50(40)47/h1-33H. The van der Waals surface area contributed by atoms with Crippen LogP contribution in [-0.4, -0.2) is 27.8 Å². The molecule has 0 saturated carbocycles. The zero-order valence-corrected chi connectivity index (χ0v) is 33.7. The van der Waals surface area contributed by atoms with Gasteiger partial charge in [0.1, 0.15) is 0 Å². The second-order valence-corrected chi connectivity index (χ2v) is 23.6. The minimum atomic E-state index is -3.67. The summed E-state index contributed by atoms with van der Waals surface area (Å²) in [5.74, 6) is 0.758. The topological polar surface area (TPSA) is 30.7 Å². The van der Waals surface area contributed by atoms with E-state index >= 15 is 0 Å². The molecule has 0 aliphatic carbocycles. The van der Waals surface area contributed by atoms with E-state index in [0.29, 0.717) is 0 Å². The molecule has 0 amide bonds. The molecule has 0 bridgehead atoms. The molecule has 3 aromatic heterocycles. The molecule has 0 atom stereocenters. The second kappa shape index (κ2) is 12.7. The van der Waals surface area contributed by atoms with Crippen LogP contribution in [0.25, 0.3) is 81.4 Å². The Morgan fingerprint density at radius 2 is 1.12 bits per heavy atom. The number of hydrogen-bond donors (Lipinski definition) is 0. The molecule has 0 saturated heterocycles. The van der Waals surface area contributed by atoms with Crippen LogP contribution in [0.5, 0.6) is 0 Å². The fraction of sp³-hybridized carbons (Fsp3) is 0. The van der Waals surface area contributed by atoms with E-state index in [2.05, 4.69) is 205 Å². The van der Waals surface area contributed by atoms with Gasteiger partial charge >= 0.3 is 314 Å². The van der Waals surface area contributed by atoms with Gasteiger partial charge < -0.3 is 0 Å². The van der Waals surface area contributed by atoms with Crippen LogP contribution in [0.4, 0.5) is 0 Å². The zero-order valence-electron chi connectivity index (χ0n) is 30.8. The van der Waals surface area contributed by atoms with Gasteiger partial charge in [0.15, 0.2) is 0 Å². The van der Waals surface area contributed by atoms with Gasteiger partial charge in [-0.15, -0.1) is 0 Å². The predicted molar refractivity (Wildman–Crippen MR) is 243 cm³/mol. The van der Waals surface area contributed by atoms with E-state index in [1.54, 1.807) is 0 Å². The van der Waals surface area contributed by atoms with Crippen LogP contribution in [0.3, 0.4) is 0 Å². The van der Waals surface area contributed by atoms with Gasteiger partial charge in [-0.25, -0.2) is 0 Å². The number of aromatic nitrogens is 3. The van der Waals surface area contributed by atoms with Crippen molar-refractivity contribution < 1.29 is 0 Å². The Labute approximate surface area is 336 Å². The van der Waals surface area contributed by atoms with Gasteiger partial charge in [0.25, 0.3) is 0 Å². The first-order valence-electron chi connectivity index (χ1n) is 19.4. The van der Waals surface area contributed by atoms with Gasteiger partial charge in [0.05, 0.1) is 0 Å². The molecule has 0 unspecified atom stereocenters. The van der Waals surface area contributed by atoms with Crippen molar-refractivity contribution in [1.29, 1.82) is 0 Å². The summed E-state index contributed by atoms with van der Waals surface area (Å²) < 4.78 is 10.4. The van der Waals surface area contributed by atoms with E-state index in [9.17, 15) is 0 Å². The van der Waals surface area contributed by atoms with Crippen LogP contribution in [-0.2, 0) is 0 Å². The number of fused-ring (bicyclic) bond motifs is 10. The van der Waals surface area contributed by atoms with Crippen LogP contribution >= 0.6 is 11.3 Å². The SMILES string of the molecule is c1ccc(-c2nc(-c3cccc(-n4c5ccccc5c5c6sc7ccccc7c6ccc54)c3)c3[c](n2)[Ge]([c]2ccccc2)([c]2ccccc2)[c]2ccccc2-3)cc1. The van der Waals surface area contributed by atoms with E-state index in [1.807, 2.05) is 11.3 Å². The van der Waals surface area contributed by atoms with E-state index in [0.717, 1.165) is 33.9 Å². The molecule has 0 N–H and O–H groups in total. The van der Waals surface area contributed by atoms with Gasteiger partial charge in [-0.2, -0.15) is 0 Å². The first-order chi connectivity index (χ1) is 28.3. The summed E-state index contributed by atoms with van der Waals surface area (Å²) in [7, 11) is 0. The molecule has 4 heterocycles. The van der Waals surface area contributed by atoms with Crippen molar-refractivity contribution in [2.24, 2.45) is 0 Å². The normalized spacial score (nSPS) is 13.1. The van der Waals surface area contributed by atoms with Crippen molar-refractivity contribution in [1.82, 2.24) is 14.5 Å². The Hall–Kier alpha value is -6.60. The summed E-state index contributed by atoms with van der Waals surface area (Å²) >= 11 is -1.78. The van der Waals surface area contributed by atoms with Crippen LogP contribution < -0.4 is 17.7 Å². The molecule has 8 aromatic carbocycles. The first-order valence-corrected chi connectivity index (χ1v) is 24.4. The van der Waals surface area contributed by atoms with E-state index in [-0.39, 0.29) is 0 Å². The van der Waals surface area contributed by atoms with Crippen molar-refractivity contribution in [3.05, 3.63) is 200 Å². The second-order valence-electron chi connectivity index (χ2n) is 14.9. The van der Waals surface area contributed by atoms with Gasteiger partial charge in [0, 0.05) is 0 Å². The third-order valence-electron chi connectivity index (χ3n) is 11.9. The molecule has 0 fully saturated rings. The van der Waals surface area contributed by atoms with E-state index in [1.165, 1.54) is 65.3 Å². The third-order valence-corrected chi connectivity index (χ3v) is 23.0. The number of hydrogen-bond acceptors (Lipinski definition) is 3. The average Bonchev–Trinajstić information content (AvgIpc) is 3.93. The van der Waals surface area contributed by atoms with Crippen molar-refractivity contribution >= 4 is 84.3 Å². The van der Waals surface area contributed by atoms with Crippen LogP contribution in [0.2, 0.25) is 0 Å².